The molecule has 58 heavy (non-hydrogen) atoms. The maximum absolute atomic E-state index is 4.99. The van der Waals surface area contributed by atoms with Crippen molar-refractivity contribution < 1.29 is 0 Å². The topological polar surface area (TPSA) is 101 Å². The molecule has 5 aromatic rings. The predicted molar refractivity (Wildman–Crippen MR) is 252 cm³/mol. The number of aromatic nitrogens is 4. The number of hydrogen-bond acceptors (Lipinski definition) is 12. The lowest BCUT2D eigenvalue weighted by Crippen LogP contribution is -2.15. The van der Waals surface area contributed by atoms with Gasteiger partial charge in [0.1, 0.15) is 20.2 Å². The van der Waals surface area contributed by atoms with Gasteiger partial charge in [0.15, 0.2) is 0 Å². The molecule has 294 valence electrons. The summed E-state index contributed by atoms with van der Waals surface area (Å²) in [5, 5.41) is 3.96. The molecule has 0 fully saturated rings. The van der Waals surface area contributed by atoms with Crippen molar-refractivity contribution in [2.45, 2.75) is 77.5 Å². The fourth-order valence-electron chi connectivity index (χ4n) is 7.14. The third kappa shape index (κ3) is 8.22. The summed E-state index contributed by atoms with van der Waals surface area (Å²) in [5.41, 5.74) is 11.5. The van der Waals surface area contributed by atoms with Gasteiger partial charge < -0.3 is 0 Å². The van der Waals surface area contributed by atoms with Crippen molar-refractivity contribution in [2.24, 2.45) is 20.0 Å². The molecule has 0 radical (unpaired) electrons. The van der Waals surface area contributed by atoms with Gasteiger partial charge in [-0.2, -0.15) is 0 Å². The molecule has 0 bridgehead atoms. The van der Waals surface area contributed by atoms with E-state index in [9.17, 15) is 0 Å². The van der Waals surface area contributed by atoms with Gasteiger partial charge in [-0.25, -0.2) is 0 Å². The normalized spacial score (nSPS) is 20.1. The van der Waals surface area contributed by atoms with E-state index in [4.69, 9.17) is 39.9 Å². The minimum atomic E-state index is -0.0916. The van der Waals surface area contributed by atoms with E-state index in [0.29, 0.717) is 0 Å². The van der Waals surface area contributed by atoms with Gasteiger partial charge in [-0.15, -0.1) is 47.0 Å². The Kier molecular flexibility index (Phi) is 10.1. The van der Waals surface area contributed by atoms with E-state index >= 15 is 0 Å². The van der Waals surface area contributed by atoms with Crippen molar-refractivity contribution >= 4 is 67.2 Å². The van der Waals surface area contributed by atoms with Crippen molar-refractivity contribution in [1.82, 2.24) is 19.9 Å². The zero-order valence-corrected chi connectivity index (χ0v) is 37.4. The summed E-state index contributed by atoms with van der Waals surface area (Å²) in [7, 11) is 0. The number of nitrogens with zero attached hydrogens (tertiary/aromatic N) is 8. The number of hydrogen-bond donors (Lipinski definition) is 0. The van der Waals surface area contributed by atoms with Crippen LogP contribution in [0.3, 0.4) is 0 Å². The fraction of sp³-hybridized carbons (Fsp3) is 0.348. The van der Waals surface area contributed by atoms with Crippen molar-refractivity contribution in [3.05, 3.63) is 108 Å². The van der Waals surface area contributed by atoms with Gasteiger partial charge in [0.25, 0.3) is 0 Å². The molecule has 0 saturated carbocycles. The van der Waals surface area contributed by atoms with Crippen LogP contribution in [0.5, 0.6) is 0 Å². The van der Waals surface area contributed by atoms with Crippen LogP contribution < -0.4 is 0 Å². The second-order valence-corrected chi connectivity index (χ2v) is 21.6. The summed E-state index contributed by atoms with van der Waals surface area (Å²) < 4.78 is 0. The highest BCUT2D eigenvalue weighted by Gasteiger charge is 2.30. The number of thioether (sulfide) groups is 4. The summed E-state index contributed by atoms with van der Waals surface area (Å²) in [6.45, 7) is 17.4. The highest BCUT2D eigenvalue weighted by molar-refractivity contribution is 8.15. The zero-order chi connectivity index (χ0) is 40.5. The summed E-state index contributed by atoms with van der Waals surface area (Å²) in [6.07, 6.45) is 7.93. The summed E-state index contributed by atoms with van der Waals surface area (Å²) in [6, 6.07) is 21.7. The van der Waals surface area contributed by atoms with E-state index < -0.39 is 0 Å². The molecule has 4 aliphatic rings. The molecule has 0 unspecified atom stereocenters. The lowest BCUT2D eigenvalue weighted by molar-refractivity contribution is 0.604. The van der Waals surface area contributed by atoms with Crippen molar-refractivity contribution in [1.29, 1.82) is 0 Å². The van der Waals surface area contributed by atoms with E-state index in [-0.39, 0.29) is 22.2 Å². The standard InChI is InChI=1S/C46H46N8S4/c1-43(2)23-55-39(51-43)35-13-9-27(19-47-35)31-17-33(29-11-15-37(49-21-29)41-53-45(5,6)25-57-41)34(30-12-16-38(50-22-30)42-54-46(7,8)26-58-42)18-32(31)28-10-14-36(48-20-28)40-52-44(3,4)24-56-40/h9-22H,23-26H2,1-8H3. The van der Waals surface area contributed by atoms with Crippen LogP contribution in [0.15, 0.2) is 105 Å². The quantitative estimate of drug-likeness (QED) is 0.152. The van der Waals surface area contributed by atoms with Crippen LogP contribution in [0.25, 0.3) is 44.5 Å². The van der Waals surface area contributed by atoms with Crippen molar-refractivity contribution in [3.63, 3.8) is 0 Å². The van der Waals surface area contributed by atoms with Crippen molar-refractivity contribution in [3.8, 4) is 44.5 Å². The molecule has 0 atom stereocenters. The van der Waals surface area contributed by atoms with E-state index in [1.54, 1.807) is 47.0 Å². The molecule has 4 aliphatic heterocycles. The lowest BCUT2D eigenvalue weighted by Gasteiger charge is -2.18. The Hall–Kier alpha value is -4.10. The fourth-order valence-corrected chi connectivity index (χ4v) is 11.7. The van der Waals surface area contributed by atoms with Crippen LogP contribution in [-0.4, -0.2) is 85.3 Å². The van der Waals surface area contributed by atoms with Gasteiger partial charge in [0, 0.05) is 70.1 Å². The molecule has 0 amide bonds. The first kappa shape index (κ1) is 39.4. The van der Waals surface area contributed by atoms with Crippen LogP contribution in [-0.2, 0) is 0 Å². The molecule has 12 heteroatoms. The van der Waals surface area contributed by atoms with Gasteiger partial charge in [0.05, 0.1) is 44.9 Å². The molecule has 0 N–H and O–H groups in total. The molecule has 0 saturated heterocycles. The highest BCUT2D eigenvalue weighted by Crippen LogP contribution is 2.43. The third-order valence-corrected chi connectivity index (χ3v) is 15.9. The van der Waals surface area contributed by atoms with E-state index in [1.807, 2.05) is 24.8 Å². The minimum absolute atomic E-state index is 0.0916. The number of benzene rings is 1. The Morgan fingerprint density at radius 2 is 0.569 bits per heavy atom. The molecule has 1 aromatic carbocycles. The average molecular weight is 839 g/mol. The van der Waals surface area contributed by atoms with Gasteiger partial charge in [-0.05, 0) is 114 Å². The maximum atomic E-state index is 4.99. The Labute approximate surface area is 358 Å². The molecule has 8 nitrogen and oxygen atoms in total. The zero-order valence-electron chi connectivity index (χ0n) is 34.1. The SMILES string of the molecule is CC1(C)CSC(c2ccc(-c3cc(-c4ccc(C5=NC(C)(C)CS5)nc4)c(-c4ccc(C5=NC(C)(C)CS5)nc4)cc3-c3ccc(C4=NC(C)(C)CS4)nc3)cn2)=N1. The Balaban J connectivity index is 1.19. The van der Waals surface area contributed by atoms with Crippen molar-refractivity contribution in [2.75, 3.05) is 23.0 Å². The Morgan fingerprint density at radius 1 is 0.345 bits per heavy atom. The number of pyridine rings is 4. The first-order valence-corrected chi connectivity index (χ1v) is 23.5. The van der Waals surface area contributed by atoms with Crippen LogP contribution in [0, 0.1) is 0 Å². The first-order valence-electron chi connectivity index (χ1n) is 19.6. The molecular formula is C46H46N8S4. The monoisotopic (exact) mass is 838 g/mol. The summed E-state index contributed by atoms with van der Waals surface area (Å²) in [5.74, 6) is 3.79. The smallest absolute Gasteiger partial charge is 0.117 e. The highest BCUT2D eigenvalue weighted by atomic mass is 32.2. The second kappa shape index (κ2) is 14.9. The van der Waals surface area contributed by atoms with E-state index in [0.717, 1.165) is 110 Å². The third-order valence-electron chi connectivity index (χ3n) is 10.2. The van der Waals surface area contributed by atoms with Gasteiger partial charge in [-0.1, -0.05) is 24.3 Å². The van der Waals surface area contributed by atoms with Crippen LogP contribution >= 0.6 is 47.0 Å². The maximum Gasteiger partial charge on any atom is 0.117 e. The van der Waals surface area contributed by atoms with E-state index in [1.165, 1.54) is 0 Å². The van der Waals surface area contributed by atoms with Crippen LogP contribution in [0.1, 0.15) is 78.2 Å². The molecule has 4 aromatic heterocycles. The number of aliphatic imine (C=N–C) groups is 4. The summed E-state index contributed by atoms with van der Waals surface area (Å²) >= 11 is 7.08. The molecule has 9 rings (SSSR count). The van der Waals surface area contributed by atoms with Crippen LogP contribution in [0.2, 0.25) is 0 Å². The number of rotatable bonds is 8. The second-order valence-electron chi connectivity index (χ2n) is 17.7. The first-order chi connectivity index (χ1) is 27.6. The minimum Gasteiger partial charge on any atom is -0.269 e. The summed E-state index contributed by atoms with van der Waals surface area (Å²) in [4.78, 5) is 39.8. The molecule has 8 heterocycles. The lowest BCUT2D eigenvalue weighted by atomic mass is 9.87. The molecule has 0 aliphatic carbocycles. The predicted octanol–water partition coefficient (Wildman–Crippen LogP) is 11.0. The van der Waals surface area contributed by atoms with Gasteiger partial charge in [-0.3, -0.25) is 39.9 Å². The molecule has 0 spiro atoms. The van der Waals surface area contributed by atoms with Crippen LogP contribution in [0.4, 0.5) is 0 Å². The van der Waals surface area contributed by atoms with Gasteiger partial charge >= 0.3 is 0 Å². The largest absolute Gasteiger partial charge is 0.269 e. The average Bonchev–Trinajstić information content (AvgIpc) is 3.98. The Morgan fingerprint density at radius 3 is 0.724 bits per heavy atom. The van der Waals surface area contributed by atoms with Gasteiger partial charge in [0.2, 0.25) is 0 Å². The Bertz CT molecular complexity index is 2180. The molecular weight excluding hydrogens is 793 g/mol. The van der Waals surface area contributed by atoms with E-state index in [2.05, 4.69) is 116 Å².